The van der Waals surface area contributed by atoms with Gasteiger partial charge in [-0.3, -0.25) is 0 Å². The van der Waals surface area contributed by atoms with E-state index in [-0.39, 0.29) is 0 Å². The first-order chi connectivity index (χ1) is 8.74. The number of quaternary nitrogens is 1. The molecule has 2 atom stereocenters. The number of hydrogen-bond donors (Lipinski definition) is 1. The Bertz CT molecular complexity index is 488. The lowest BCUT2D eigenvalue weighted by Crippen LogP contribution is -3.18. The largest absolute Gasteiger partial charge is 0.325 e. The maximum absolute atomic E-state index is 4.72. The lowest BCUT2D eigenvalue weighted by molar-refractivity contribution is -0.964. The van der Waals surface area contributed by atoms with Crippen molar-refractivity contribution < 1.29 is 4.90 Å². The fraction of sp³-hybridized carbons (Fsp3) is 0.533. The number of nitrogens with zero attached hydrogens (tertiary/aromatic N) is 2. The van der Waals surface area contributed by atoms with E-state index in [1.54, 1.807) is 4.90 Å². The quantitative estimate of drug-likeness (QED) is 0.853. The number of piperidine rings is 1. The fourth-order valence-corrected chi connectivity index (χ4v) is 3.22. The minimum absolute atomic E-state index is 0.763. The van der Waals surface area contributed by atoms with E-state index < -0.39 is 0 Å². The van der Waals surface area contributed by atoms with Crippen LogP contribution in [0.1, 0.15) is 38.8 Å². The van der Waals surface area contributed by atoms with Crippen molar-refractivity contribution in [2.45, 2.75) is 51.7 Å². The van der Waals surface area contributed by atoms with Crippen molar-refractivity contribution in [2.24, 2.45) is 0 Å². The molecule has 3 nitrogen and oxygen atoms in total. The molecule has 0 radical (unpaired) electrons. The van der Waals surface area contributed by atoms with Gasteiger partial charge in [0.1, 0.15) is 17.9 Å². The van der Waals surface area contributed by atoms with E-state index in [1.807, 2.05) is 6.07 Å². The summed E-state index contributed by atoms with van der Waals surface area (Å²) in [6, 6.07) is 7.70. The summed E-state index contributed by atoms with van der Waals surface area (Å²) in [4.78, 5) is 6.42. The molecule has 3 heteroatoms. The van der Waals surface area contributed by atoms with Crippen LogP contribution in [0.15, 0.2) is 30.6 Å². The molecule has 0 bridgehead atoms. The Morgan fingerprint density at radius 3 is 2.78 bits per heavy atom. The number of hydrogen-bond acceptors (Lipinski definition) is 1. The average molecular weight is 244 g/mol. The molecule has 1 aliphatic heterocycles. The second kappa shape index (κ2) is 4.73. The van der Waals surface area contributed by atoms with Crippen molar-refractivity contribution in [3.63, 3.8) is 0 Å². The fourth-order valence-electron chi connectivity index (χ4n) is 3.22. The van der Waals surface area contributed by atoms with Gasteiger partial charge in [-0.15, -0.1) is 0 Å². The SMILES string of the molecule is C[C@@H]1CCC[C@@H](C)[NH+]1Cc1cn2ccccc2n1. The van der Waals surface area contributed by atoms with Crippen LogP contribution in [-0.2, 0) is 6.54 Å². The highest BCUT2D eigenvalue weighted by Crippen LogP contribution is 2.09. The number of pyridine rings is 1. The third-order valence-electron chi connectivity index (χ3n) is 4.34. The zero-order chi connectivity index (χ0) is 12.5. The van der Waals surface area contributed by atoms with Crippen LogP contribution in [0.2, 0.25) is 0 Å². The molecular formula is C15H22N3+. The first-order valence-electron chi connectivity index (χ1n) is 7.02. The van der Waals surface area contributed by atoms with Crippen LogP contribution >= 0.6 is 0 Å². The summed E-state index contributed by atoms with van der Waals surface area (Å²) in [6.45, 7) is 5.81. The molecule has 96 valence electrons. The van der Waals surface area contributed by atoms with Crippen LogP contribution in [0.3, 0.4) is 0 Å². The van der Waals surface area contributed by atoms with Crippen LogP contribution in [0.25, 0.3) is 5.65 Å². The number of rotatable bonds is 2. The van der Waals surface area contributed by atoms with Crippen molar-refractivity contribution in [1.29, 1.82) is 0 Å². The monoisotopic (exact) mass is 244 g/mol. The minimum Gasteiger partial charge on any atom is -0.325 e. The van der Waals surface area contributed by atoms with E-state index >= 15 is 0 Å². The van der Waals surface area contributed by atoms with Crippen LogP contribution in [0.5, 0.6) is 0 Å². The second-order valence-electron chi connectivity index (χ2n) is 5.68. The molecule has 1 fully saturated rings. The lowest BCUT2D eigenvalue weighted by atomic mass is 9.97. The first-order valence-corrected chi connectivity index (χ1v) is 7.02. The van der Waals surface area contributed by atoms with Crippen LogP contribution < -0.4 is 4.90 Å². The lowest BCUT2D eigenvalue weighted by Gasteiger charge is -2.35. The summed E-state index contributed by atoms with van der Waals surface area (Å²) in [6.07, 6.45) is 8.34. The smallest absolute Gasteiger partial charge is 0.137 e. The van der Waals surface area contributed by atoms with Gasteiger partial charge in [0, 0.05) is 12.4 Å². The summed E-state index contributed by atoms with van der Waals surface area (Å²) in [5, 5.41) is 0. The summed E-state index contributed by atoms with van der Waals surface area (Å²) in [7, 11) is 0. The maximum Gasteiger partial charge on any atom is 0.137 e. The van der Waals surface area contributed by atoms with Crippen molar-refractivity contribution in [1.82, 2.24) is 9.38 Å². The molecule has 0 spiro atoms. The highest BCUT2D eigenvalue weighted by Gasteiger charge is 2.28. The Hall–Kier alpha value is -1.35. The van der Waals surface area contributed by atoms with E-state index in [1.165, 1.54) is 25.0 Å². The number of nitrogens with one attached hydrogen (secondary N) is 1. The molecule has 0 amide bonds. The molecule has 2 aromatic rings. The topological polar surface area (TPSA) is 21.7 Å². The third kappa shape index (κ3) is 2.15. The highest BCUT2D eigenvalue weighted by atomic mass is 15.2. The van der Waals surface area contributed by atoms with Gasteiger partial charge in [-0.05, 0) is 45.2 Å². The molecule has 3 rings (SSSR count). The van der Waals surface area contributed by atoms with E-state index in [0.29, 0.717) is 0 Å². The average Bonchev–Trinajstić information content (AvgIpc) is 2.76. The molecule has 1 aliphatic rings. The summed E-state index contributed by atoms with van der Waals surface area (Å²) >= 11 is 0. The van der Waals surface area contributed by atoms with Gasteiger partial charge in [-0.1, -0.05) is 6.07 Å². The van der Waals surface area contributed by atoms with Gasteiger partial charge in [0.15, 0.2) is 0 Å². The van der Waals surface area contributed by atoms with Crippen LogP contribution in [0.4, 0.5) is 0 Å². The van der Waals surface area contributed by atoms with Crippen LogP contribution in [0, 0.1) is 0 Å². The molecule has 2 aromatic heterocycles. The molecule has 0 unspecified atom stereocenters. The maximum atomic E-state index is 4.72. The Labute approximate surface area is 108 Å². The third-order valence-corrected chi connectivity index (χ3v) is 4.34. The summed E-state index contributed by atoms with van der Waals surface area (Å²) < 4.78 is 2.12. The Balaban J connectivity index is 1.82. The van der Waals surface area contributed by atoms with Gasteiger partial charge >= 0.3 is 0 Å². The Kier molecular flexibility index (Phi) is 3.08. The normalized spacial score (nSPS) is 25.7. The predicted molar refractivity (Wildman–Crippen MR) is 72.6 cm³/mol. The van der Waals surface area contributed by atoms with Crippen molar-refractivity contribution in [2.75, 3.05) is 0 Å². The zero-order valence-corrected chi connectivity index (χ0v) is 11.3. The van der Waals surface area contributed by atoms with E-state index in [0.717, 1.165) is 24.3 Å². The molecule has 1 N–H and O–H groups in total. The molecule has 0 aliphatic carbocycles. The van der Waals surface area contributed by atoms with Crippen molar-refractivity contribution in [3.8, 4) is 0 Å². The molecule has 18 heavy (non-hydrogen) atoms. The minimum atomic E-state index is 0.763. The van der Waals surface area contributed by atoms with Crippen LogP contribution in [-0.4, -0.2) is 21.5 Å². The van der Waals surface area contributed by atoms with E-state index in [4.69, 9.17) is 4.98 Å². The van der Waals surface area contributed by atoms with Gasteiger partial charge < -0.3 is 9.30 Å². The van der Waals surface area contributed by atoms with Gasteiger partial charge in [0.2, 0.25) is 0 Å². The van der Waals surface area contributed by atoms with E-state index in [2.05, 4.69) is 42.8 Å². The second-order valence-corrected chi connectivity index (χ2v) is 5.68. The number of imidazole rings is 1. The summed E-state index contributed by atoms with van der Waals surface area (Å²) in [5.74, 6) is 0. The molecular weight excluding hydrogens is 222 g/mol. The van der Waals surface area contributed by atoms with Crippen molar-refractivity contribution in [3.05, 3.63) is 36.3 Å². The molecule has 1 saturated heterocycles. The molecule has 3 heterocycles. The molecule has 0 saturated carbocycles. The van der Waals surface area contributed by atoms with Crippen molar-refractivity contribution >= 4 is 5.65 Å². The van der Waals surface area contributed by atoms with Gasteiger partial charge in [-0.2, -0.15) is 0 Å². The van der Waals surface area contributed by atoms with Gasteiger partial charge in [0.25, 0.3) is 0 Å². The molecule has 0 aromatic carbocycles. The number of likely N-dealkylation sites (tertiary alicyclic amines) is 1. The summed E-state index contributed by atoms with van der Waals surface area (Å²) in [5.41, 5.74) is 2.28. The standard InChI is InChI=1S/C15H21N3/c1-12-6-5-7-13(2)18(12)11-14-10-17-9-4-3-8-15(17)16-14/h3-4,8-10,12-13H,5-7,11H2,1-2H3/p+1/t12-,13-/m1/s1. The predicted octanol–water partition coefficient (Wildman–Crippen LogP) is 1.68. The Morgan fingerprint density at radius 2 is 2.06 bits per heavy atom. The zero-order valence-electron chi connectivity index (χ0n) is 11.3. The van der Waals surface area contributed by atoms with Gasteiger partial charge in [0.05, 0.1) is 12.1 Å². The van der Waals surface area contributed by atoms with E-state index in [9.17, 15) is 0 Å². The first kappa shape index (κ1) is 11.7. The van der Waals surface area contributed by atoms with Gasteiger partial charge in [-0.25, -0.2) is 4.98 Å². The number of aromatic nitrogens is 2. The Morgan fingerprint density at radius 1 is 1.28 bits per heavy atom. The number of fused-ring (bicyclic) bond motifs is 1. The highest BCUT2D eigenvalue weighted by molar-refractivity contribution is 5.39.